The van der Waals surface area contributed by atoms with Crippen LogP contribution < -0.4 is 0 Å². The van der Waals surface area contributed by atoms with Gasteiger partial charge < -0.3 is 0 Å². The molecule has 0 unspecified atom stereocenters. The summed E-state index contributed by atoms with van der Waals surface area (Å²) in [6, 6.07) is 0. The predicted molar refractivity (Wildman–Crippen MR) is 23.8 cm³/mol. The van der Waals surface area contributed by atoms with E-state index in [-0.39, 0.29) is 0 Å². The fourth-order valence-corrected chi connectivity index (χ4v) is 0.545. The van der Waals surface area contributed by atoms with Crippen molar-refractivity contribution < 1.29 is 0 Å². The Balaban J connectivity index is 2.08. The number of rotatable bonds is 0. The Bertz CT molecular complexity index is 33.9. The van der Waals surface area contributed by atoms with Crippen molar-refractivity contribution in [1.82, 2.24) is 4.31 Å². The van der Waals surface area contributed by atoms with E-state index in [9.17, 15) is 0 Å². The monoisotopic (exact) mass is 88.0 g/mol. The Morgan fingerprint density at radius 3 is 1.80 bits per heavy atom. The van der Waals surface area contributed by atoms with Crippen LogP contribution in [0.25, 0.3) is 0 Å². The van der Waals surface area contributed by atoms with Crippen LogP contribution in [0.4, 0.5) is 0 Å². The van der Waals surface area contributed by atoms with Crippen LogP contribution in [0.3, 0.4) is 0 Å². The molecule has 1 fully saturated rings. The standard InChI is InChI=1S/C3H6NS/c5-4-2-1-3-4/h1-3H2. The van der Waals surface area contributed by atoms with E-state index in [2.05, 4.69) is 0 Å². The molecule has 1 radical (unpaired) electrons. The molecule has 0 N–H and O–H groups in total. The molecule has 0 aromatic rings. The van der Waals surface area contributed by atoms with E-state index in [1.807, 2.05) is 4.31 Å². The van der Waals surface area contributed by atoms with Gasteiger partial charge >= 0.3 is 0 Å². The Morgan fingerprint density at radius 2 is 1.80 bits per heavy atom. The molecule has 1 heterocycles. The molecule has 0 aromatic heterocycles. The molecule has 0 amide bonds. The minimum atomic E-state index is 1.13. The molecule has 1 aliphatic heterocycles. The van der Waals surface area contributed by atoms with Crippen LogP contribution in [0.1, 0.15) is 6.42 Å². The van der Waals surface area contributed by atoms with Gasteiger partial charge in [0, 0.05) is 25.9 Å². The highest BCUT2D eigenvalue weighted by Crippen LogP contribution is 2.05. The molecule has 1 saturated heterocycles. The number of hydrogen-bond donors (Lipinski definition) is 0. The van der Waals surface area contributed by atoms with Gasteiger partial charge in [0.05, 0.1) is 0 Å². The Kier molecular flexibility index (Phi) is 0.830. The predicted octanol–water partition coefficient (Wildman–Crippen LogP) is 0.805. The number of hydrogen-bond acceptors (Lipinski definition) is 1. The molecule has 0 saturated carbocycles. The third-order valence-electron chi connectivity index (χ3n) is 0.815. The van der Waals surface area contributed by atoms with Crippen LogP contribution in [0.5, 0.6) is 0 Å². The van der Waals surface area contributed by atoms with Gasteiger partial charge in [-0.1, -0.05) is 0 Å². The topological polar surface area (TPSA) is 3.24 Å². The first-order valence-electron chi connectivity index (χ1n) is 1.82. The highest BCUT2D eigenvalue weighted by atomic mass is 32.1. The van der Waals surface area contributed by atoms with E-state index in [0.29, 0.717) is 0 Å². The van der Waals surface area contributed by atoms with Crippen LogP contribution in [0.15, 0.2) is 0 Å². The SMILES string of the molecule is [S]N1CCC1. The van der Waals surface area contributed by atoms with E-state index in [1.165, 1.54) is 6.42 Å². The smallest absolute Gasteiger partial charge is 0.0110 e. The fourth-order valence-electron chi connectivity index (χ4n) is 0.287. The van der Waals surface area contributed by atoms with Crippen molar-refractivity contribution >= 4 is 12.8 Å². The molecule has 0 atom stereocenters. The molecular formula is C3H6NS. The molecule has 1 nitrogen and oxygen atoms in total. The first kappa shape index (κ1) is 3.50. The van der Waals surface area contributed by atoms with E-state index >= 15 is 0 Å². The van der Waals surface area contributed by atoms with Gasteiger partial charge in [-0.3, -0.25) is 0 Å². The quantitative estimate of drug-likeness (QED) is 0.423. The van der Waals surface area contributed by atoms with Gasteiger partial charge in [0.25, 0.3) is 0 Å². The highest BCUT2D eigenvalue weighted by Gasteiger charge is 2.07. The van der Waals surface area contributed by atoms with Gasteiger partial charge in [0.15, 0.2) is 0 Å². The van der Waals surface area contributed by atoms with Gasteiger partial charge in [-0.2, -0.15) is 0 Å². The molecule has 29 valence electrons. The summed E-state index contributed by atoms with van der Waals surface area (Å²) in [7, 11) is 0. The Morgan fingerprint density at radius 1 is 1.40 bits per heavy atom. The van der Waals surface area contributed by atoms with E-state index in [4.69, 9.17) is 12.8 Å². The van der Waals surface area contributed by atoms with Crippen molar-refractivity contribution in [2.45, 2.75) is 6.42 Å². The summed E-state index contributed by atoms with van der Waals surface area (Å²) in [5, 5.41) is 0. The first-order chi connectivity index (χ1) is 2.39. The molecule has 5 heavy (non-hydrogen) atoms. The van der Waals surface area contributed by atoms with E-state index < -0.39 is 0 Å². The lowest BCUT2D eigenvalue weighted by molar-refractivity contribution is 0.348. The van der Waals surface area contributed by atoms with Gasteiger partial charge in [0.2, 0.25) is 0 Å². The van der Waals surface area contributed by atoms with E-state index in [0.717, 1.165) is 13.1 Å². The normalized spacial score (nSPS) is 25.8. The van der Waals surface area contributed by atoms with Gasteiger partial charge in [0.1, 0.15) is 0 Å². The molecule has 1 aliphatic rings. The minimum absolute atomic E-state index is 1.13. The molecule has 0 bridgehead atoms. The molecule has 0 aromatic carbocycles. The summed E-state index contributed by atoms with van der Waals surface area (Å²) in [4.78, 5) is 0. The number of nitrogens with zero attached hydrogens (tertiary/aromatic N) is 1. The molecular weight excluding hydrogens is 82.1 g/mol. The van der Waals surface area contributed by atoms with Crippen LogP contribution in [-0.2, 0) is 0 Å². The summed E-state index contributed by atoms with van der Waals surface area (Å²) in [6.45, 7) is 2.27. The minimum Gasteiger partial charge on any atom is -0.240 e. The maximum Gasteiger partial charge on any atom is 0.0110 e. The summed E-state index contributed by atoms with van der Waals surface area (Å²) in [6.07, 6.45) is 1.31. The van der Waals surface area contributed by atoms with Crippen molar-refractivity contribution in [3.05, 3.63) is 0 Å². The average molecular weight is 88.2 g/mol. The lowest BCUT2D eigenvalue weighted by Gasteiger charge is -2.21. The zero-order valence-corrected chi connectivity index (χ0v) is 3.79. The van der Waals surface area contributed by atoms with Crippen LogP contribution in [0, 0.1) is 0 Å². The van der Waals surface area contributed by atoms with Crippen molar-refractivity contribution in [2.75, 3.05) is 13.1 Å². The fraction of sp³-hybridized carbons (Fsp3) is 1.00. The van der Waals surface area contributed by atoms with Gasteiger partial charge in [-0.05, 0) is 6.42 Å². The van der Waals surface area contributed by atoms with Crippen molar-refractivity contribution in [1.29, 1.82) is 0 Å². The molecule has 0 aliphatic carbocycles. The highest BCUT2D eigenvalue weighted by molar-refractivity contribution is 7.77. The second kappa shape index (κ2) is 1.19. The van der Waals surface area contributed by atoms with Gasteiger partial charge in [-0.15, -0.1) is 0 Å². The van der Waals surface area contributed by atoms with Gasteiger partial charge in [-0.25, -0.2) is 4.31 Å². The van der Waals surface area contributed by atoms with Crippen molar-refractivity contribution in [3.8, 4) is 0 Å². The molecule has 0 spiro atoms. The average Bonchev–Trinajstić information content (AvgIpc) is 1.30. The summed E-state index contributed by atoms with van der Waals surface area (Å²) in [5.74, 6) is 0. The van der Waals surface area contributed by atoms with Crippen molar-refractivity contribution in [2.24, 2.45) is 0 Å². The zero-order valence-electron chi connectivity index (χ0n) is 2.98. The van der Waals surface area contributed by atoms with Crippen LogP contribution >= 0.6 is 12.8 Å². The lowest BCUT2D eigenvalue weighted by Crippen LogP contribution is -2.27. The Hall–Kier alpha value is 0.310. The second-order valence-corrected chi connectivity index (χ2v) is 1.80. The largest absolute Gasteiger partial charge is 0.240 e. The third kappa shape index (κ3) is 0.578. The maximum atomic E-state index is 4.70. The Labute approximate surface area is 37.5 Å². The summed E-state index contributed by atoms with van der Waals surface area (Å²) in [5.41, 5.74) is 0. The van der Waals surface area contributed by atoms with E-state index in [1.54, 1.807) is 0 Å². The zero-order chi connectivity index (χ0) is 3.70. The van der Waals surface area contributed by atoms with Crippen molar-refractivity contribution in [3.63, 3.8) is 0 Å². The second-order valence-electron chi connectivity index (χ2n) is 1.28. The van der Waals surface area contributed by atoms with Crippen LogP contribution in [0.2, 0.25) is 0 Å². The molecule has 1 rings (SSSR count). The lowest BCUT2D eigenvalue weighted by atomic mass is 10.3. The summed E-state index contributed by atoms with van der Waals surface area (Å²) < 4.78 is 1.89. The maximum absolute atomic E-state index is 4.70. The summed E-state index contributed by atoms with van der Waals surface area (Å²) >= 11 is 4.70. The van der Waals surface area contributed by atoms with Crippen LogP contribution in [-0.4, -0.2) is 17.4 Å². The molecule has 2 heteroatoms. The third-order valence-corrected chi connectivity index (χ3v) is 1.18. The first-order valence-corrected chi connectivity index (χ1v) is 2.18.